The Bertz CT molecular complexity index is 1060. The first-order valence-corrected chi connectivity index (χ1v) is 9.90. The van der Waals surface area contributed by atoms with Crippen molar-refractivity contribution < 1.29 is 9.59 Å². The van der Waals surface area contributed by atoms with Crippen LogP contribution in [-0.4, -0.2) is 39.8 Å². The molecule has 0 aliphatic carbocycles. The van der Waals surface area contributed by atoms with Crippen LogP contribution in [0.5, 0.6) is 0 Å². The van der Waals surface area contributed by atoms with Crippen molar-refractivity contribution in [2.45, 2.75) is 26.7 Å². The minimum absolute atomic E-state index is 0.0438. The number of hydrogen-bond donors (Lipinski definition) is 1. The molecule has 1 fully saturated rings. The number of amides is 2. The van der Waals surface area contributed by atoms with E-state index in [1.54, 1.807) is 17.2 Å². The highest BCUT2D eigenvalue weighted by molar-refractivity contribution is 6.06. The van der Waals surface area contributed by atoms with E-state index in [1.807, 2.05) is 50.2 Å². The second-order valence-electron chi connectivity index (χ2n) is 7.63. The molecule has 0 saturated carbocycles. The van der Waals surface area contributed by atoms with Gasteiger partial charge in [-0.1, -0.05) is 24.3 Å². The van der Waals surface area contributed by atoms with Crippen molar-refractivity contribution in [1.29, 1.82) is 0 Å². The summed E-state index contributed by atoms with van der Waals surface area (Å²) >= 11 is 0. The maximum absolute atomic E-state index is 13.3. The molecule has 3 heterocycles. The van der Waals surface area contributed by atoms with Crippen molar-refractivity contribution in [2.75, 3.05) is 18.4 Å². The van der Waals surface area contributed by atoms with Crippen molar-refractivity contribution >= 4 is 28.5 Å². The molecule has 2 amide bonds. The maximum atomic E-state index is 13.3. The van der Waals surface area contributed by atoms with Gasteiger partial charge < -0.3 is 10.2 Å². The van der Waals surface area contributed by atoms with E-state index in [0.29, 0.717) is 24.5 Å². The predicted octanol–water partition coefficient (Wildman–Crippen LogP) is 3.74. The van der Waals surface area contributed by atoms with E-state index < -0.39 is 0 Å². The summed E-state index contributed by atoms with van der Waals surface area (Å²) in [6.07, 6.45) is 3.29. The fourth-order valence-electron chi connectivity index (χ4n) is 3.80. The summed E-state index contributed by atoms with van der Waals surface area (Å²) in [5, 5.41) is 3.72. The SMILES string of the molecule is Cc1ccc(NC(=O)C2CCCN(C(=O)c3cc(C)nc4ccccc34)C2)nc1. The van der Waals surface area contributed by atoms with E-state index in [9.17, 15) is 9.59 Å². The Hall–Kier alpha value is -3.28. The molecule has 0 spiro atoms. The zero-order chi connectivity index (χ0) is 20.4. The van der Waals surface area contributed by atoms with Gasteiger partial charge in [0.1, 0.15) is 5.82 Å². The van der Waals surface area contributed by atoms with E-state index in [1.165, 1.54) is 0 Å². The summed E-state index contributed by atoms with van der Waals surface area (Å²) in [6.45, 7) is 4.91. The van der Waals surface area contributed by atoms with Gasteiger partial charge in [-0.15, -0.1) is 0 Å². The largest absolute Gasteiger partial charge is 0.338 e. The lowest BCUT2D eigenvalue weighted by Crippen LogP contribution is -2.44. The monoisotopic (exact) mass is 388 g/mol. The quantitative estimate of drug-likeness (QED) is 0.742. The van der Waals surface area contributed by atoms with Crippen LogP contribution >= 0.6 is 0 Å². The van der Waals surface area contributed by atoms with Crippen LogP contribution in [-0.2, 0) is 4.79 Å². The average molecular weight is 388 g/mol. The fraction of sp³-hybridized carbons (Fsp3) is 0.304. The number of para-hydroxylation sites is 1. The predicted molar refractivity (Wildman–Crippen MR) is 113 cm³/mol. The third-order valence-corrected chi connectivity index (χ3v) is 5.32. The first kappa shape index (κ1) is 19.1. The summed E-state index contributed by atoms with van der Waals surface area (Å²) in [5.41, 5.74) is 3.31. The molecule has 1 aliphatic rings. The van der Waals surface area contributed by atoms with Crippen LogP contribution < -0.4 is 5.32 Å². The number of rotatable bonds is 3. The average Bonchev–Trinajstić information content (AvgIpc) is 2.74. The van der Waals surface area contributed by atoms with Crippen LogP contribution in [0.3, 0.4) is 0 Å². The van der Waals surface area contributed by atoms with Crippen LogP contribution in [0.15, 0.2) is 48.7 Å². The van der Waals surface area contributed by atoms with Gasteiger partial charge in [-0.05, 0) is 50.5 Å². The number of anilines is 1. The summed E-state index contributed by atoms with van der Waals surface area (Å²) in [7, 11) is 0. The molecule has 0 radical (unpaired) electrons. The van der Waals surface area contributed by atoms with Crippen molar-refractivity contribution in [3.05, 3.63) is 65.5 Å². The van der Waals surface area contributed by atoms with Crippen LogP contribution in [0.1, 0.15) is 34.5 Å². The van der Waals surface area contributed by atoms with Crippen molar-refractivity contribution in [3.8, 4) is 0 Å². The molecule has 1 atom stereocenters. The lowest BCUT2D eigenvalue weighted by atomic mass is 9.96. The number of carbonyl (C=O) groups excluding carboxylic acids is 2. The minimum Gasteiger partial charge on any atom is -0.338 e. The van der Waals surface area contributed by atoms with Gasteiger partial charge in [0, 0.05) is 30.4 Å². The number of aryl methyl sites for hydroxylation is 2. The van der Waals surface area contributed by atoms with Gasteiger partial charge in [0.2, 0.25) is 5.91 Å². The zero-order valence-electron chi connectivity index (χ0n) is 16.7. The summed E-state index contributed by atoms with van der Waals surface area (Å²) < 4.78 is 0. The molecule has 3 aromatic rings. The number of piperidine rings is 1. The van der Waals surface area contributed by atoms with Crippen LogP contribution in [0, 0.1) is 19.8 Å². The fourth-order valence-corrected chi connectivity index (χ4v) is 3.80. The van der Waals surface area contributed by atoms with Gasteiger partial charge >= 0.3 is 0 Å². The molecule has 148 valence electrons. The summed E-state index contributed by atoms with van der Waals surface area (Å²) in [4.78, 5) is 36.6. The van der Waals surface area contributed by atoms with Gasteiger partial charge in [0.25, 0.3) is 5.91 Å². The molecule has 29 heavy (non-hydrogen) atoms. The third kappa shape index (κ3) is 4.11. The zero-order valence-corrected chi connectivity index (χ0v) is 16.7. The number of aromatic nitrogens is 2. The van der Waals surface area contributed by atoms with Crippen LogP contribution in [0.2, 0.25) is 0 Å². The second kappa shape index (κ2) is 7.99. The molecule has 2 aromatic heterocycles. The minimum atomic E-state index is -0.245. The van der Waals surface area contributed by atoms with E-state index >= 15 is 0 Å². The number of hydrogen-bond acceptors (Lipinski definition) is 4. The number of nitrogens with zero attached hydrogens (tertiary/aromatic N) is 3. The number of nitrogens with one attached hydrogen (secondary N) is 1. The van der Waals surface area contributed by atoms with Crippen molar-refractivity contribution in [1.82, 2.24) is 14.9 Å². The summed E-state index contributed by atoms with van der Waals surface area (Å²) in [5.74, 6) is 0.164. The molecular weight excluding hydrogens is 364 g/mol. The molecule has 4 rings (SSSR count). The highest BCUT2D eigenvalue weighted by Gasteiger charge is 2.30. The Balaban J connectivity index is 1.52. The Kier molecular flexibility index (Phi) is 5.25. The molecular formula is C23H24N4O2. The van der Waals surface area contributed by atoms with Crippen molar-refractivity contribution in [2.24, 2.45) is 5.92 Å². The Morgan fingerprint density at radius 2 is 1.97 bits per heavy atom. The summed E-state index contributed by atoms with van der Waals surface area (Å²) in [6, 6.07) is 13.2. The van der Waals surface area contributed by atoms with Gasteiger partial charge in [0.15, 0.2) is 0 Å². The first-order valence-electron chi connectivity index (χ1n) is 9.90. The maximum Gasteiger partial charge on any atom is 0.254 e. The Morgan fingerprint density at radius 3 is 2.76 bits per heavy atom. The van der Waals surface area contributed by atoms with Gasteiger partial charge in [0.05, 0.1) is 17.0 Å². The molecule has 1 N–H and O–H groups in total. The van der Waals surface area contributed by atoms with E-state index in [4.69, 9.17) is 0 Å². The second-order valence-corrected chi connectivity index (χ2v) is 7.63. The molecule has 6 heteroatoms. The Morgan fingerprint density at radius 1 is 1.14 bits per heavy atom. The third-order valence-electron chi connectivity index (χ3n) is 5.32. The lowest BCUT2D eigenvalue weighted by molar-refractivity contribution is -0.121. The molecule has 6 nitrogen and oxygen atoms in total. The van der Waals surface area contributed by atoms with E-state index in [2.05, 4.69) is 15.3 Å². The van der Waals surface area contributed by atoms with Crippen molar-refractivity contribution in [3.63, 3.8) is 0 Å². The highest BCUT2D eigenvalue weighted by atomic mass is 16.2. The molecule has 0 bridgehead atoms. The van der Waals surface area contributed by atoms with Gasteiger partial charge in [-0.3, -0.25) is 14.6 Å². The number of pyridine rings is 2. The molecule has 1 aliphatic heterocycles. The first-order chi connectivity index (χ1) is 14.0. The standard InChI is InChI=1S/C23H24N4O2/c1-15-9-10-21(24-13-15)26-22(28)17-6-5-11-27(14-17)23(29)19-12-16(2)25-20-8-4-3-7-18(19)20/h3-4,7-10,12-13,17H,5-6,11,14H2,1-2H3,(H,24,26,28). The lowest BCUT2D eigenvalue weighted by Gasteiger charge is -2.32. The number of fused-ring (bicyclic) bond motifs is 1. The topological polar surface area (TPSA) is 75.2 Å². The normalized spacial score (nSPS) is 16.6. The molecule has 1 aromatic carbocycles. The van der Waals surface area contributed by atoms with E-state index in [-0.39, 0.29) is 17.7 Å². The van der Waals surface area contributed by atoms with Crippen LogP contribution in [0.25, 0.3) is 10.9 Å². The molecule has 1 saturated heterocycles. The number of benzene rings is 1. The number of carbonyl (C=O) groups is 2. The smallest absolute Gasteiger partial charge is 0.254 e. The van der Waals surface area contributed by atoms with Gasteiger partial charge in [-0.2, -0.15) is 0 Å². The Labute approximate surface area is 170 Å². The van der Waals surface area contributed by atoms with Gasteiger partial charge in [-0.25, -0.2) is 4.98 Å². The highest BCUT2D eigenvalue weighted by Crippen LogP contribution is 2.24. The van der Waals surface area contributed by atoms with Crippen LogP contribution in [0.4, 0.5) is 5.82 Å². The van der Waals surface area contributed by atoms with E-state index in [0.717, 1.165) is 35.0 Å². The molecule has 1 unspecified atom stereocenters. The number of likely N-dealkylation sites (tertiary alicyclic amines) is 1.